The standard InChI is InChI=1S/C16H15N3O3/c1-8(2)9-4-3-5-10(6-9)19-12(20)7-11-13(14(19)17)16(22)18-15(11)21/h3-8H,17H2,1-2H3,(H,18,21,22). The highest BCUT2D eigenvalue weighted by Crippen LogP contribution is 2.24. The molecule has 1 aliphatic rings. The number of nitrogen functional groups attached to an aromatic ring is 1. The number of hydrogen-bond donors (Lipinski definition) is 2. The quantitative estimate of drug-likeness (QED) is 0.820. The van der Waals surface area contributed by atoms with Crippen LogP contribution in [-0.4, -0.2) is 16.4 Å². The van der Waals surface area contributed by atoms with Crippen molar-refractivity contribution >= 4 is 17.6 Å². The summed E-state index contributed by atoms with van der Waals surface area (Å²) in [7, 11) is 0. The zero-order valence-electron chi connectivity index (χ0n) is 12.2. The largest absolute Gasteiger partial charge is 0.384 e. The fourth-order valence-electron chi connectivity index (χ4n) is 2.57. The summed E-state index contributed by atoms with van der Waals surface area (Å²) in [5, 5.41) is 2.15. The molecule has 22 heavy (non-hydrogen) atoms. The molecule has 0 radical (unpaired) electrons. The second-order valence-corrected chi connectivity index (χ2v) is 5.52. The first-order chi connectivity index (χ1) is 10.4. The Morgan fingerprint density at radius 2 is 1.82 bits per heavy atom. The number of amides is 2. The molecule has 2 aromatic rings. The number of hydrogen-bond acceptors (Lipinski definition) is 4. The van der Waals surface area contributed by atoms with Crippen LogP contribution >= 0.6 is 0 Å². The number of anilines is 1. The van der Waals surface area contributed by atoms with Gasteiger partial charge in [-0.25, -0.2) is 0 Å². The van der Waals surface area contributed by atoms with Crippen molar-refractivity contribution in [2.45, 2.75) is 19.8 Å². The number of benzene rings is 1. The summed E-state index contributed by atoms with van der Waals surface area (Å²) in [4.78, 5) is 35.8. The molecule has 0 bridgehead atoms. The molecule has 0 aliphatic carbocycles. The van der Waals surface area contributed by atoms with Gasteiger partial charge in [-0.3, -0.25) is 24.3 Å². The van der Waals surface area contributed by atoms with Gasteiger partial charge in [0.05, 0.1) is 16.8 Å². The average molecular weight is 297 g/mol. The molecule has 1 aliphatic heterocycles. The number of nitrogens with zero attached hydrogens (tertiary/aromatic N) is 1. The van der Waals surface area contributed by atoms with Crippen LogP contribution in [-0.2, 0) is 0 Å². The maximum Gasteiger partial charge on any atom is 0.262 e. The van der Waals surface area contributed by atoms with E-state index >= 15 is 0 Å². The molecular weight excluding hydrogens is 282 g/mol. The number of aromatic nitrogens is 1. The minimum atomic E-state index is -0.591. The van der Waals surface area contributed by atoms with Crippen LogP contribution in [0.2, 0.25) is 0 Å². The number of imide groups is 1. The lowest BCUT2D eigenvalue weighted by Crippen LogP contribution is -2.24. The van der Waals surface area contributed by atoms with Crippen LogP contribution in [0, 0.1) is 0 Å². The van der Waals surface area contributed by atoms with Crippen LogP contribution in [0.4, 0.5) is 5.82 Å². The van der Waals surface area contributed by atoms with Crippen LogP contribution in [0.5, 0.6) is 0 Å². The molecule has 3 rings (SSSR count). The van der Waals surface area contributed by atoms with Crippen molar-refractivity contribution in [2.24, 2.45) is 0 Å². The van der Waals surface area contributed by atoms with E-state index < -0.39 is 17.4 Å². The van der Waals surface area contributed by atoms with E-state index in [0.717, 1.165) is 11.6 Å². The smallest absolute Gasteiger partial charge is 0.262 e. The first-order valence-electron chi connectivity index (χ1n) is 6.91. The Labute approximate surface area is 126 Å². The van der Waals surface area contributed by atoms with Gasteiger partial charge in [-0.2, -0.15) is 0 Å². The van der Waals surface area contributed by atoms with Gasteiger partial charge >= 0.3 is 0 Å². The number of rotatable bonds is 2. The summed E-state index contributed by atoms with van der Waals surface area (Å²) in [6.45, 7) is 4.08. The Morgan fingerprint density at radius 3 is 2.50 bits per heavy atom. The highest BCUT2D eigenvalue weighted by Gasteiger charge is 2.31. The van der Waals surface area contributed by atoms with Crippen molar-refractivity contribution in [3.8, 4) is 5.69 Å². The Balaban J connectivity index is 2.28. The zero-order valence-corrected chi connectivity index (χ0v) is 12.2. The van der Waals surface area contributed by atoms with Gasteiger partial charge < -0.3 is 5.73 Å². The van der Waals surface area contributed by atoms with Gasteiger partial charge in [0.15, 0.2) is 0 Å². The van der Waals surface area contributed by atoms with Gasteiger partial charge in [-0.1, -0.05) is 26.0 Å². The topological polar surface area (TPSA) is 94.2 Å². The first kappa shape index (κ1) is 14.1. The van der Waals surface area contributed by atoms with E-state index in [1.54, 1.807) is 6.07 Å². The fraction of sp³-hybridized carbons (Fsp3) is 0.188. The van der Waals surface area contributed by atoms with Crippen LogP contribution in [0.3, 0.4) is 0 Å². The lowest BCUT2D eigenvalue weighted by Gasteiger charge is -2.14. The van der Waals surface area contributed by atoms with E-state index in [-0.39, 0.29) is 22.9 Å². The van der Waals surface area contributed by atoms with Gasteiger partial charge in [-0.05, 0) is 23.6 Å². The number of fused-ring (bicyclic) bond motifs is 1. The van der Waals surface area contributed by atoms with Gasteiger partial charge in [0.2, 0.25) is 0 Å². The van der Waals surface area contributed by atoms with Crippen LogP contribution < -0.4 is 16.6 Å². The fourth-order valence-corrected chi connectivity index (χ4v) is 2.57. The first-order valence-corrected chi connectivity index (χ1v) is 6.91. The molecule has 1 aromatic heterocycles. The number of nitrogens with one attached hydrogen (secondary N) is 1. The number of carbonyl (C=O) groups is 2. The molecule has 0 saturated carbocycles. The van der Waals surface area contributed by atoms with E-state index in [9.17, 15) is 14.4 Å². The SMILES string of the molecule is CC(C)c1cccc(-n2c(N)c3c(cc2=O)C(=O)NC3=O)c1. The summed E-state index contributed by atoms with van der Waals surface area (Å²) < 4.78 is 1.25. The molecule has 0 fully saturated rings. The molecule has 0 saturated heterocycles. The summed E-state index contributed by atoms with van der Waals surface area (Å²) in [6, 6.07) is 8.52. The molecule has 0 spiro atoms. The van der Waals surface area contributed by atoms with Crippen molar-refractivity contribution in [2.75, 3.05) is 5.73 Å². The minimum Gasteiger partial charge on any atom is -0.384 e. The van der Waals surface area contributed by atoms with Crippen molar-refractivity contribution in [1.82, 2.24) is 9.88 Å². The van der Waals surface area contributed by atoms with Crippen molar-refractivity contribution in [1.29, 1.82) is 0 Å². The van der Waals surface area contributed by atoms with E-state index in [1.165, 1.54) is 4.57 Å². The van der Waals surface area contributed by atoms with E-state index in [4.69, 9.17) is 5.73 Å². The number of nitrogens with two attached hydrogens (primary N) is 1. The maximum atomic E-state index is 12.3. The van der Waals surface area contributed by atoms with Gasteiger partial charge in [0, 0.05) is 6.07 Å². The van der Waals surface area contributed by atoms with Crippen LogP contribution in [0.25, 0.3) is 5.69 Å². The van der Waals surface area contributed by atoms with Crippen molar-refractivity contribution in [3.63, 3.8) is 0 Å². The van der Waals surface area contributed by atoms with Gasteiger partial charge in [-0.15, -0.1) is 0 Å². The highest BCUT2D eigenvalue weighted by molar-refractivity contribution is 6.23. The lowest BCUT2D eigenvalue weighted by atomic mass is 10.0. The summed E-state index contributed by atoms with van der Waals surface area (Å²) in [5.74, 6) is -0.902. The average Bonchev–Trinajstić information content (AvgIpc) is 2.74. The normalized spacial score (nSPS) is 13.4. The van der Waals surface area contributed by atoms with Crippen molar-refractivity contribution < 1.29 is 9.59 Å². The zero-order chi connectivity index (χ0) is 16.0. The number of carbonyl (C=O) groups excluding carboxylic acids is 2. The molecule has 6 nitrogen and oxygen atoms in total. The van der Waals surface area contributed by atoms with Crippen LogP contribution in [0.1, 0.15) is 46.0 Å². The Morgan fingerprint density at radius 1 is 1.09 bits per heavy atom. The summed E-state index contributed by atoms with van der Waals surface area (Å²) in [5.41, 5.74) is 7.26. The molecule has 2 heterocycles. The van der Waals surface area contributed by atoms with Gasteiger partial charge in [0.1, 0.15) is 5.82 Å². The van der Waals surface area contributed by atoms with E-state index in [1.807, 2.05) is 32.0 Å². The monoisotopic (exact) mass is 297 g/mol. The van der Waals surface area contributed by atoms with E-state index in [2.05, 4.69) is 5.32 Å². The second kappa shape index (κ2) is 4.84. The third-order valence-corrected chi connectivity index (χ3v) is 3.75. The van der Waals surface area contributed by atoms with Gasteiger partial charge in [0.25, 0.3) is 17.4 Å². The molecular formula is C16H15N3O3. The third kappa shape index (κ3) is 2.00. The Kier molecular flexibility index (Phi) is 3.09. The van der Waals surface area contributed by atoms with Crippen molar-refractivity contribution in [3.05, 3.63) is 57.4 Å². The predicted molar refractivity (Wildman–Crippen MR) is 82.3 cm³/mol. The molecule has 0 unspecified atom stereocenters. The summed E-state index contributed by atoms with van der Waals surface area (Å²) >= 11 is 0. The third-order valence-electron chi connectivity index (χ3n) is 3.75. The molecule has 1 aromatic carbocycles. The van der Waals surface area contributed by atoms with Crippen LogP contribution in [0.15, 0.2) is 35.1 Å². The Hall–Kier alpha value is -2.89. The predicted octanol–water partition coefficient (Wildman–Crippen LogP) is 1.43. The summed E-state index contributed by atoms with van der Waals surface area (Å²) in [6.07, 6.45) is 0. The molecule has 3 N–H and O–H groups in total. The number of pyridine rings is 1. The minimum absolute atomic E-state index is 0.0215. The molecule has 112 valence electrons. The lowest BCUT2D eigenvalue weighted by molar-refractivity contribution is 0.0880. The highest BCUT2D eigenvalue weighted by atomic mass is 16.2. The molecule has 2 amide bonds. The molecule has 0 atom stereocenters. The molecule has 6 heteroatoms. The Bertz CT molecular complexity index is 865. The maximum absolute atomic E-state index is 12.3. The van der Waals surface area contributed by atoms with E-state index in [0.29, 0.717) is 5.69 Å². The second-order valence-electron chi connectivity index (χ2n) is 5.52.